The van der Waals surface area contributed by atoms with Gasteiger partial charge in [0.05, 0.1) is 13.2 Å². The molecule has 1 aliphatic heterocycles. The standard InChI is InChI=1S/C24H25NO2/c1-27-23-10-4-8-21(15-23)24-11-5-9-22(17-26)25(24)16-18-12-13-19-6-2-3-7-20(19)14-18/h2-4,6-8,10,12-15,17,22,24H,5,9,11,16H2,1H3. The first kappa shape index (κ1) is 17.7. The van der Waals surface area contributed by atoms with Crippen molar-refractivity contribution < 1.29 is 9.53 Å². The first-order valence-corrected chi connectivity index (χ1v) is 9.61. The molecule has 1 saturated heterocycles. The van der Waals surface area contributed by atoms with Crippen LogP contribution in [0.5, 0.6) is 5.75 Å². The van der Waals surface area contributed by atoms with Gasteiger partial charge in [-0.1, -0.05) is 48.5 Å². The maximum atomic E-state index is 11.8. The summed E-state index contributed by atoms with van der Waals surface area (Å²) in [4.78, 5) is 14.2. The molecule has 2 unspecified atom stereocenters. The molecule has 0 saturated carbocycles. The molecule has 4 rings (SSSR count). The molecule has 0 N–H and O–H groups in total. The molecular formula is C24H25NO2. The van der Waals surface area contributed by atoms with Crippen molar-refractivity contribution in [3.63, 3.8) is 0 Å². The van der Waals surface area contributed by atoms with Crippen molar-refractivity contribution in [3.8, 4) is 5.75 Å². The van der Waals surface area contributed by atoms with Gasteiger partial charge in [-0.25, -0.2) is 0 Å². The summed E-state index contributed by atoms with van der Waals surface area (Å²) < 4.78 is 5.41. The average molecular weight is 359 g/mol. The van der Waals surface area contributed by atoms with E-state index in [1.54, 1.807) is 7.11 Å². The van der Waals surface area contributed by atoms with Crippen LogP contribution in [0.2, 0.25) is 0 Å². The second-order valence-corrected chi connectivity index (χ2v) is 7.28. The van der Waals surface area contributed by atoms with E-state index in [-0.39, 0.29) is 12.1 Å². The number of hydrogen-bond donors (Lipinski definition) is 0. The molecule has 0 aliphatic carbocycles. The SMILES string of the molecule is COc1cccc(C2CCCC(C=O)N2Cc2ccc3ccccc3c2)c1. The third kappa shape index (κ3) is 3.74. The third-order valence-corrected chi connectivity index (χ3v) is 5.62. The van der Waals surface area contributed by atoms with E-state index in [0.29, 0.717) is 0 Å². The molecule has 3 aromatic rings. The fourth-order valence-corrected chi connectivity index (χ4v) is 4.21. The zero-order valence-electron chi connectivity index (χ0n) is 15.7. The van der Waals surface area contributed by atoms with Gasteiger partial charge in [0.1, 0.15) is 12.0 Å². The fourth-order valence-electron chi connectivity index (χ4n) is 4.21. The Bertz CT molecular complexity index is 936. The predicted molar refractivity (Wildman–Crippen MR) is 109 cm³/mol. The highest BCUT2D eigenvalue weighted by atomic mass is 16.5. The van der Waals surface area contributed by atoms with Gasteiger partial charge in [-0.3, -0.25) is 4.90 Å². The number of hydrogen-bond acceptors (Lipinski definition) is 3. The smallest absolute Gasteiger partial charge is 0.137 e. The summed E-state index contributed by atoms with van der Waals surface area (Å²) in [6, 6.07) is 23.5. The first-order chi connectivity index (χ1) is 13.3. The van der Waals surface area contributed by atoms with E-state index in [9.17, 15) is 4.79 Å². The molecule has 2 atom stereocenters. The Morgan fingerprint density at radius 2 is 1.85 bits per heavy atom. The van der Waals surface area contributed by atoms with Crippen molar-refractivity contribution in [2.24, 2.45) is 0 Å². The molecule has 0 aromatic heterocycles. The van der Waals surface area contributed by atoms with Crippen molar-refractivity contribution in [1.82, 2.24) is 4.90 Å². The predicted octanol–water partition coefficient (Wildman–Crippen LogP) is 5.14. The summed E-state index contributed by atoms with van der Waals surface area (Å²) in [6.45, 7) is 0.774. The lowest BCUT2D eigenvalue weighted by Gasteiger charge is -2.40. The van der Waals surface area contributed by atoms with Crippen LogP contribution in [0.4, 0.5) is 0 Å². The van der Waals surface area contributed by atoms with Crippen molar-refractivity contribution in [2.45, 2.75) is 37.9 Å². The Balaban J connectivity index is 1.66. The zero-order chi connectivity index (χ0) is 18.6. The van der Waals surface area contributed by atoms with Gasteiger partial charge in [0.25, 0.3) is 0 Å². The fraction of sp³-hybridized carbons (Fsp3) is 0.292. The van der Waals surface area contributed by atoms with Crippen LogP contribution in [0, 0.1) is 0 Å². The van der Waals surface area contributed by atoms with E-state index < -0.39 is 0 Å². The second-order valence-electron chi connectivity index (χ2n) is 7.28. The van der Waals surface area contributed by atoms with Crippen LogP contribution in [-0.4, -0.2) is 24.3 Å². The molecule has 0 spiro atoms. The number of methoxy groups -OCH3 is 1. The Morgan fingerprint density at radius 3 is 2.67 bits per heavy atom. The van der Waals surface area contributed by atoms with Crippen molar-refractivity contribution in [3.05, 3.63) is 77.9 Å². The number of aldehydes is 1. The largest absolute Gasteiger partial charge is 0.497 e. The Hall–Kier alpha value is -2.65. The molecule has 3 nitrogen and oxygen atoms in total. The monoisotopic (exact) mass is 359 g/mol. The number of nitrogens with zero attached hydrogens (tertiary/aromatic N) is 1. The molecule has 1 aliphatic rings. The van der Waals surface area contributed by atoms with Crippen LogP contribution < -0.4 is 4.74 Å². The Labute approximate surface area is 160 Å². The van der Waals surface area contributed by atoms with Gasteiger partial charge in [0, 0.05) is 12.6 Å². The van der Waals surface area contributed by atoms with E-state index in [1.807, 2.05) is 12.1 Å². The highest BCUT2D eigenvalue weighted by Gasteiger charge is 2.31. The molecule has 138 valence electrons. The third-order valence-electron chi connectivity index (χ3n) is 5.62. The summed E-state index contributed by atoms with van der Waals surface area (Å²) >= 11 is 0. The molecule has 3 aromatic carbocycles. The average Bonchev–Trinajstić information content (AvgIpc) is 2.74. The number of rotatable bonds is 5. The highest BCUT2D eigenvalue weighted by Crippen LogP contribution is 2.36. The molecular weight excluding hydrogens is 334 g/mol. The highest BCUT2D eigenvalue weighted by molar-refractivity contribution is 5.83. The van der Waals surface area contributed by atoms with Crippen LogP contribution >= 0.6 is 0 Å². The quantitative estimate of drug-likeness (QED) is 0.591. The molecule has 1 fully saturated rings. The van der Waals surface area contributed by atoms with E-state index in [4.69, 9.17) is 4.74 Å². The van der Waals surface area contributed by atoms with Gasteiger partial charge in [-0.2, -0.15) is 0 Å². The topological polar surface area (TPSA) is 29.5 Å². The number of carbonyl (C=O) groups is 1. The maximum Gasteiger partial charge on any atom is 0.137 e. The van der Waals surface area contributed by atoms with Crippen molar-refractivity contribution in [2.75, 3.05) is 7.11 Å². The van der Waals surface area contributed by atoms with E-state index in [2.05, 4.69) is 59.5 Å². The van der Waals surface area contributed by atoms with Crippen LogP contribution in [0.1, 0.15) is 36.4 Å². The lowest BCUT2D eigenvalue weighted by molar-refractivity contribution is -0.115. The Kier molecular flexibility index (Phi) is 5.21. The summed E-state index contributed by atoms with van der Waals surface area (Å²) in [7, 11) is 1.70. The summed E-state index contributed by atoms with van der Waals surface area (Å²) in [6.07, 6.45) is 4.18. The van der Waals surface area contributed by atoms with Crippen molar-refractivity contribution >= 4 is 17.1 Å². The van der Waals surface area contributed by atoms with Gasteiger partial charge < -0.3 is 9.53 Å². The Morgan fingerprint density at radius 1 is 1.00 bits per heavy atom. The number of piperidine rings is 1. The summed E-state index contributed by atoms with van der Waals surface area (Å²) in [5.74, 6) is 0.867. The summed E-state index contributed by atoms with van der Waals surface area (Å²) in [5.41, 5.74) is 2.47. The molecule has 0 bridgehead atoms. The molecule has 3 heteroatoms. The lowest BCUT2D eigenvalue weighted by Crippen LogP contribution is -2.42. The van der Waals surface area contributed by atoms with Crippen LogP contribution in [0.15, 0.2) is 66.7 Å². The number of benzene rings is 3. The molecule has 1 heterocycles. The second kappa shape index (κ2) is 7.93. The number of likely N-dealkylation sites (tertiary alicyclic amines) is 1. The van der Waals surface area contributed by atoms with Gasteiger partial charge >= 0.3 is 0 Å². The van der Waals surface area contributed by atoms with Crippen molar-refractivity contribution in [1.29, 1.82) is 0 Å². The van der Waals surface area contributed by atoms with Gasteiger partial charge in [0.2, 0.25) is 0 Å². The maximum absolute atomic E-state index is 11.8. The van der Waals surface area contributed by atoms with Crippen LogP contribution in [-0.2, 0) is 11.3 Å². The van der Waals surface area contributed by atoms with Crippen LogP contribution in [0.25, 0.3) is 10.8 Å². The zero-order valence-corrected chi connectivity index (χ0v) is 15.7. The van der Waals surface area contributed by atoms with E-state index in [1.165, 1.54) is 21.9 Å². The molecule has 27 heavy (non-hydrogen) atoms. The molecule has 0 amide bonds. The molecule has 0 radical (unpaired) electrons. The minimum atomic E-state index is -0.0404. The number of fused-ring (bicyclic) bond motifs is 1. The van der Waals surface area contributed by atoms with E-state index in [0.717, 1.165) is 37.8 Å². The van der Waals surface area contributed by atoms with Crippen LogP contribution in [0.3, 0.4) is 0 Å². The van der Waals surface area contributed by atoms with Gasteiger partial charge in [-0.05, 0) is 59.4 Å². The summed E-state index contributed by atoms with van der Waals surface area (Å²) in [5, 5.41) is 2.49. The van der Waals surface area contributed by atoms with Gasteiger partial charge in [0.15, 0.2) is 0 Å². The minimum Gasteiger partial charge on any atom is -0.497 e. The number of carbonyl (C=O) groups excluding carboxylic acids is 1. The minimum absolute atomic E-state index is 0.0404. The first-order valence-electron chi connectivity index (χ1n) is 9.61. The normalized spacial score (nSPS) is 20.5. The van der Waals surface area contributed by atoms with E-state index >= 15 is 0 Å². The number of ether oxygens (including phenoxy) is 1. The van der Waals surface area contributed by atoms with Gasteiger partial charge in [-0.15, -0.1) is 0 Å². The lowest BCUT2D eigenvalue weighted by atomic mass is 9.90.